The first-order chi connectivity index (χ1) is 11.1. The molecule has 6 heteroatoms. The van der Waals surface area contributed by atoms with Crippen LogP contribution in [0.2, 0.25) is 5.02 Å². The highest BCUT2D eigenvalue weighted by molar-refractivity contribution is 6.30. The lowest BCUT2D eigenvalue weighted by Gasteiger charge is -2.11. The Morgan fingerprint density at radius 2 is 1.91 bits per heavy atom. The van der Waals surface area contributed by atoms with Crippen molar-refractivity contribution in [3.05, 3.63) is 58.6 Å². The minimum atomic E-state index is -0.279. The van der Waals surface area contributed by atoms with Crippen LogP contribution in [0.5, 0.6) is 11.5 Å². The molecule has 0 aliphatic rings. The SMILES string of the molecule is COc1ccc(C=O)cc1OCC(=O)NCc1ccc(Cl)cc1. The molecule has 0 radical (unpaired) electrons. The summed E-state index contributed by atoms with van der Waals surface area (Å²) in [6.07, 6.45) is 0.701. The number of methoxy groups -OCH3 is 1. The molecule has 120 valence electrons. The third-order valence-electron chi connectivity index (χ3n) is 3.09. The molecule has 0 heterocycles. The lowest BCUT2D eigenvalue weighted by atomic mass is 10.2. The van der Waals surface area contributed by atoms with Gasteiger partial charge in [0.2, 0.25) is 0 Å². The molecule has 0 aromatic heterocycles. The number of rotatable bonds is 7. The van der Waals surface area contributed by atoms with E-state index in [0.717, 1.165) is 5.56 Å². The second kappa shape index (κ2) is 8.19. The molecule has 1 amide bonds. The van der Waals surface area contributed by atoms with Crippen LogP contribution in [0.15, 0.2) is 42.5 Å². The maximum Gasteiger partial charge on any atom is 0.258 e. The Morgan fingerprint density at radius 3 is 2.57 bits per heavy atom. The van der Waals surface area contributed by atoms with Crippen molar-refractivity contribution in [2.24, 2.45) is 0 Å². The van der Waals surface area contributed by atoms with Crippen molar-refractivity contribution in [3.63, 3.8) is 0 Å². The molecular weight excluding hydrogens is 318 g/mol. The Hall–Kier alpha value is -2.53. The van der Waals surface area contributed by atoms with Crippen molar-refractivity contribution >= 4 is 23.8 Å². The Kier molecular flexibility index (Phi) is 6.00. The summed E-state index contributed by atoms with van der Waals surface area (Å²) in [5, 5.41) is 3.38. The number of carbonyl (C=O) groups excluding carboxylic acids is 2. The van der Waals surface area contributed by atoms with E-state index in [-0.39, 0.29) is 12.5 Å². The monoisotopic (exact) mass is 333 g/mol. The van der Waals surface area contributed by atoms with Gasteiger partial charge in [0.05, 0.1) is 7.11 Å². The number of ether oxygens (including phenoxy) is 2. The molecule has 0 aliphatic heterocycles. The average Bonchev–Trinajstić information content (AvgIpc) is 2.59. The highest BCUT2D eigenvalue weighted by Crippen LogP contribution is 2.27. The number of hydrogen-bond donors (Lipinski definition) is 1. The van der Waals surface area contributed by atoms with E-state index < -0.39 is 0 Å². The molecule has 23 heavy (non-hydrogen) atoms. The van der Waals surface area contributed by atoms with Gasteiger partial charge < -0.3 is 14.8 Å². The average molecular weight is 334 g/mol. The molecule has 2 aromatic carbocycles. The van der Waals surface area contributed by atoms with Gasteiger partial charge in [-0.05, 0) is 35.9 Å². The van der Waals surface area contributed by atoms with Crippen LogP contribution < -0.4 is 14.8 Å². The van der Waals surface area contributed by atoms with Crippen molar-refractivity contribution in [3.8, 4) is 11.5 Å². The molecule has 0 unspecified atom stereocenters. The molecule has 5 nitrogen and oxygen atoms in total. The summed E-state index contributed by atoms with van der Waals surface area (Å²) in [7, 11) is 1.49. The van der Waals surface area contributed by atoms with Gasteiger partial charge in [-0.2, -0.15) is 0 Å². The van der Waals surface area contributed by atoms with E-state index in [2.05, 4.69) is 5.32 Å². The Morgan fingerprint density at radius 1 is 1.17 bits per heavy atom. The Bertz CT molecular complexity index is 685. The van der Waals surface area contributed by atoms with Crippen LogP contribution in [-0.2, 0) is 11.3 Å². The number of halogens is 1. The summed E-state index contributed by atoms with van der Waals surface area (Å²) in [5.41, 5.74) is 1.38. The first kappa shape index (κ1) is 16.8. The topological polar surface area (TPSA) is 64.6 Å². The summed E-state index contributed by atoms with van der Waals surface area (Å²) in [6.45, 7) is 0.205. The molecular formula is C17H16ClNO4. The van der Waals surface area contributed by atoms with E-state index in [0.29, 0.717) is 34.9 Å². The Labute approximate surface area is 139 Å². The van der Waals surface area contributed by atoms with Crippen LogP contribution in [0.25, 0.3) is 0 Å². The van der Waals surface area contributed by atoms with Gasteiger partial charge in [0.1, 0.15) is 6.29 Å². The van der Waals surface area contributed by atoms with Gasteiger partial charge in [0.15, 0.2) is 18.1 Å². The molecule has 2 aromatic rings. The quantitative estimate of drug-likeness (QED) is 0.791. The van der Waals surface area contributed by atoms with Crippen LogP contribution in [0.3, 0.4) is 0 Å². The number of amides is 1. The van der Waals surface area contributed by atoms with Gasteiger partial charge in [-0.25, -0.2) is 0 Å². The third-order valence-corrected chi connectivity index (χ3v) is 3.34. The molecule has 0 saturated carbocycles. The van der Waals surface area contributed by atoms with Gasteiger partial charge in [-0.15, -0.1) is 0 Å². The summed E-state index contributed by atoms with van der Waals surface area (Å²) in [5.74, 6) is 0.526. The fourth-order valence-electron chi connectivity index (χ4n) is 1.88. The highest BCUT2D eigenvalue weighted by atomic mass is 35.5. The van der Waals surface area contributed by atoms with Gasteiger partial charge in [0, 0.05) is 17.1 Å². The van der Waals surface area contributed by atoms with E-state index in [1.54, 1.807) is 24.3 Å². The van der Waals surface area contributed by atoms with E-state index in [4.69, 9.17) is 21.1 Å². The molecule has 0 bridgehead atoms. The molecule has 0 saturated heterocycles. The smallest absolute Gasteiger partial charge is 0.258 e. The van der Waals surface area contributed by atoms with Crippen molar-refractivity contribution in [2.75, 3.05) is 13.7 Å². The second-order valence-electron chi connectivity index (χ2n) is 4.72. The van der Waals surface area contributed by atoms with Crippen molar-refractivity contribution in [1.29, 1.82) is 0 Å². The summed E-state index contributed by atoms with van der Waals surface area (Å²) < 4.78 is 10.6. The second-order valence-corrected chi connectivity index (χ2v) is 5.16. The highest BCUT2D eigenvalue weighted by Gasteiger charge is 2.08. The predicted molar refractivity (Wildman–Crippen MR) is 87.2 cm³/mol. The standard InChI is InChI=1S/C17H16ClNO4/c1-22-15-7-4-13(10-20)8-16(15)23-11-17(21)19-9-12-2-5-14(18)6-3-12/h2-8,10H,9,11H2,1H3,(H,19,21). The summed E-state index contributed by atoms with van der Waals surface area (Å²) >= 11 is 5.80. The third kappa shape index (κ3) is 5.00. The van der Waals surface area contributed by atoms with E-state index in [1.165, 1.54) is 13.2 Å². The lowest BCUT2D eigenvalue weighted by molar-refractivity contribution is -0.123. The summed E-state index contributed by atoms with van der Waals surface area (Å²) in [4.78, 5) is 22.6. The largest absolute Gasteiger partial charge is 0.493 e. The maximum atomic E-state index is 11.8. The number of benzene rings is 2. The van der Waals surface area contributed by atoms with Crippen LogP contribution >= 0.6 is 11.6 Å². The number of carbonyl (C=O) groups is 2. The van der Waals surface area contributed by atoms with Crippen molar-refractivity contribution < 1.29 is 19.1 Å². The number of nitrogens with one attached hydrogen (secondary N) is 1. The van der Waals surface area contributed by atoms with Gasteiger partial charge >= 0.3 is 0 Å². The van der Waals surface area contributed by atoms with Crippen LogP contribution in [-0.4, -0.2) is 25.9 Å². The number of hydrogen-bond acceptors (Lipinski definition) is 4. The molecule has 0 atom stereocenters. The molecule has 0 spiro atoms. The predicted octanol–water partition coefficient (Wildman–Crippen LogP) is 2.86. The molecule has 1 N–H and O–H groups in total. The van der Waals surface area contributed by atoms with E-state index in [9.17, 15) is 9.59 Å². The zero-order valence-corrected chi connectivity index (χ0v) is 13.3. The van der Waals surface area contributed by atoms with Gasteiger partial charge in [-0.1, -0.05) is 23.7 Å². The molecule has 0 fully saturated rings. The fourth-order valence-corrected chi connectivity index (χ4v) is 2.00. The van der Waals surface area contributed by atoms with Crippen LogP contribution in [0.1, 0.15) is 15.9 Å². The van der Waals surface area contributed by atoms with Gasteiger partial charge in [0.25, 0.3) is 5.91 Å². The zero-order valence-electron chi connectivity index (χ0n) is 12.5. The van der Waals surface area contributed by atoms with Gasteiger partial charge in [-0.3, -0.25) is 9.59 Å². The van der Waals surface area contributed by atoms with Crippen LogP contribution in [0.4, 0.5) is 0 Å². The van der Waals surface area contributed by atoms with Crippen molar-refractivity contribution in [2.45, 2.75) is 6.54 Å². The first-order valence-electron chi connectivity index (χ1n) is 6.89. The number of aldehydes is 1. The normalized spacial score (nSPS) is 10.0. The van der Waals surface area contributed by atoms with Crippen LogP contribution in [0, 0.1) is 0 Å². The maximum absolute atomic E-state index is 11.8. The Balaban J connectivity index is 1.88. The first-order valence-corrected chi connectivity index (χ1v) is 7.27. The lowest BCUT2D eigenvalue weighted by Crippen LogP contribution is -2.28. The van der Waals surface area contributed by atoms with Crippen molar-refractivity contribution in [1.82, 2.24) is 5.32 Å². The minimum Gasteiger partial charge on any atom is -0.493 e. The molecule has 2 rings (SSSR count). The fraction of sp³-hybridized carbons (Fsp3) is 0.176. The minimum absolute atomic E-state index is 0.174. The molecule has 0 aliphatic carbocycles. The van der Waals surface area contributed by atoms with E-state index >= 15 is 0 Å². The summed E-state index contributed by atoms with van der Waals surface area (Å²) in [6, 6.07) is 11.9. The van der Waals surface area contributed by atoms with E-state index in [1.807, 2.05) is 12.1 Å². The zero-order chi connectivity index (χ0) is 16.7.